The van der Waals surface area contributed by atoms with E-state index in [1.807, 2.05) is 38.1 Å². The Bertz CT molecular complexity index is 1140. The van der Waals surface area contributed by atoms with E-state index in [4.69, 9.17) is 32.7 Å². The summed E-state index contributed by atoms with van der Waals surface area (Å²) < 4.78 is 10.8. The van der Waals surface area contributed by atoms with Gasteiger partial charge >= 0.3 is 0 Å². The van der Waals surface area contributed by atoms with Crippen molar-refractivity contribution >= 4 is 40.7 Å². The summed E-state index contributed by atoms with van der Waals surface area (Å²) >= 11 is 12.6. The first-order chi connectivity index (χ1) is 16.9. The van der Waals surface area contributed by atoms with Crippen molar-refractivity contribution in [3.05, 3.63) is 68.7 Å². The summed E-state index contributed by atoms with van der Waals surface area (Å²) in [5.41, 5.74) is 1.99. The molecule has 1 saturated heterocycles. The summed E-state index contributed by atoms with van der Waals surface area (Å²) in [5, 5.41) is 11.7. The number of amides is 1. The van der Waals surface area contributed by atoms with E-state index in [0.717, 1.165) is 11.1 Å². The molecule has 1 atom stereocenters. The molecule has 2 aromatic rings. The predicted molar refractivity (Wildman–Crippen MR) is 143 cm³/mol. The van der Waals surface area contributed by atoms with Gasteiger partial charge in [-0.3, -0.25) is 9.59 Å². The number of ether oxygens (including phenoxy) is 2. The van der Waals surface area contributed by atoms with Crippen LogP contribution in [0.2, 0.25) is 10.0 Å². The van der Waals surface area contributed by atoms with Crippen molar-refractivity contribution in [2.45, 2.75) is 58.6 Å². The third-order valence-corrected chi connectivity index (χ3v) is 6.66. The van der Waals surface area contributed by atoms with Crippen molar-refractivity contribution in [3.63, 3.8) is 0 Å². The molecular formula is C28H33Cl2NO5. The van der Waals surface area contributed by atoms with Gasteiger partial charge in [-0.15, -0.1) is 0 Å². The van der Waals surface area contributed by atoms with Crippen LogP contribution in [0.5, 0.6) is 5.75 Å². The zero-order chi connectivity index (χ0) is 26.8. The van der Waals surface area contributed by atoms with Gasteiger partial charge in [0.05, 0.1) is 34.9 Å². The van der Waals surface area contributed by atoms with Crippen LogP contribution in [0.1, 0.15) is 63.8 Å². The minimum atomic E-state index is -0.766. The van der Waals surface area contributed by atoms with Gasteiger partial charge in [0.15, 0.2) is 5.75 Å². The Morgan fingerprint density at radius 2 is 1.67 bits per heavy atom. The van der Waals surface area contributed by atoms with Crippen molar-refractivity contribution in [3.8, 4) is 5.75 Å². The number of benzene rings is 2. The number of likely N-dealkylation sites (tertiary alicyclic amines) is 1. The first-order valence-electron chi connectivity index (χ1n) is 11.9. The highest BCUT2D eigenvalue weighted by Crippen LogP contribution is 2.42. The Morgan fingerprint density at radius 1 is 1.08 bits per heavy atom. The minimum Gasteiger partial charge on any atom is -0.507 e. The van der Waals surface area contributed by atoms with Crippen LogP contribution in [0.15, 0.2) is 42.0 Å². The fourth-order valence-electron chi connectivity index (χ4n) is 4.22. The van der Waals surface area contributed by atoms with Gasteiger partial charge in [0, 0.05) is 18.7 Å². The predicted octanol–water partition coefficient (Wildman–Crippen LogP) is 6.54. The molecule has 1 N–H and O–H groups in total. The lowest BCUT2D eigenvalue weighted by Crippen LogP contribution is -2.31. The van der Waals surface area contributed by atoms with Gasteiger partial charge in [-0.25, -0.2) is 0 Å². The van der Waals surface area contributed by atoms with Crippen LogP contribution in [-0.2, 0) is 19.7 Å². The second-order valence-corrected chi connectivity index (χ2v) is 10.9. The zero-order valence-electron chi connectivity index (χ0n) is 21.5. The van der Waals surface area contributed by atoms with Gasteiger partial charge in [0.1, 0.15) is 5.76 Å². The molecule has 6 nitrogen and oxygen atoms in total. The normalized spacial score (nSPS) is 17.8. The van der Waals surface area contributed by atoms with E-state index < -0.39 is 17.7 Å². The lowest BCUT2D eigenvalue weighted by Gasteiger charge is -2.26. The molecule has 1 amide bonds. The van der Waals surface area contributed by atoms with Crippen LogP contribution >= 0.6 is 23.2 Å². The maximum atomic E-state index is 13.2. The lowest BCUT2D eigenvalue weighted by atomic mass is 9.85. The van der Waals surface area contributed by atoms with E-state index in [-0.39, 0.29) is 44.2 Å². The molecule has 36 heavy (non-hydrogen) atoms. The molecule has 1 aliphatic rings. The molecule has 1 heterocycles. The van der Waals surface area contributed by atoms with Crippen molar-refractivity contribution in [2.24, 2.45) is 0 Å². The Labute approximate surface area is 222 Å². The van der Waals surface area contributed by atoms with Crippen LogP contribution in [0, 0.1) is 0 Å². The molecule has 2 aromatic carbocycles. The summed E-state index contributed by atoms with van der Waals surface area (Å²) in [4.78, 5) is 27.9. The van der Waals surface area contributed by atoms with E-state index in [0.29, 0.717) is 19.6 Å². The number of aliphatic hydroxyl groups excluding tert-OH is 1. The number of ketones is 1. The van der Waals surface area contributed by atoms with Crippen LogP contribution in [0.25, 0.3) is 5.76 Å². The number of carbonyl (C=O) groups excluding carboxylic acids is 2. The number of Topliss-reactive ketones (excluding diaryl/α,β-unsaturated/α-hetero) is 1. The first kappa shape index (κ1) is 28.0. The van der Waals surface area contributed by atoms with Gasteiger partial charge in [0.25, 0.3) is 11.7 Å². The quantitative estimate of drug-likeness (QED) is 0.180. The van der Waals surface area contributed by atoms with E-state index >= 15 is 0 Å². The number of methoxy groups -OCH3 is 1. The van der Waals surface area contributed by atoms with Crippen molar-refractivity contribution in [1.29, 1.82) is 0 Å². The summed E-state index contributed by atoms with van der Waals surface area (Å²) in [6, 6.07) is 9.93. The highest BCUT2D eigenvalue weighted by Gasteiger charge is 2.46. The molecule has 1 aliphatic heterocycles. The summed E-state index contributed by atoms with van der Waals surface area (Å²) in [6.45, 7) is 11.0. The number of rotatable bonds is 8. The molecular weight excluding hydrogens is 501 g/mol. The molecule has 0 bridgehead atoms. The van der Waals surface area contributed by atoms with Gasteiger partial charge in [-0.05, 0) is 48.9 Å². The number of nitrogens with zero attached hydrogens (tertiary/aromatic N) is 1. The zero-order valence-corrected chi connectivity index (χ0v) is 23.0. The second-order valence-electron chi connectivity index (χ2n) is 10.1. The van der Waals surface area contributed by atoms with Gasteiger partial charge in [-0.2, -0.15) is 0 Å². The average molecular weight is 534 g/mol. The SMILES string of the molecule is COc1c(Cl)cc(/C(O)=C2\C(=O)C(=O)N(CCCOC(C)C)C2c2ccc(C(C)(C)C)cc2)cc1Cl. The summed E-state index contributed by atoms with van der Waals surface area (Å²) in [6.07, 6.45) is 0.605. The second kappa shape index (κ2) is 11.2. The number of hydrogen-bond donors (Lipinski definition) is 1. The Morgan fingerprint density at radius 3 is 2.17 bits per heavy atom. The van der Waals surface area contributed by atoms with Crippen molar-refractivity contribution < 1.29 is 24.2 Å². The standard InChI is InChI=1S/C28H33Cl2NO5/c1-16(2)36-13-7-12-31-23(17-8-10-19(11-9-17)28(3,4)5)22(25(33)27(31)34)24(32)18-14-20(29)26(35-6)21(30)15-18/h8-11,14-16,23,32H,7,12-13H2,1-6H3/b24-22+. The van der Waals surface area contributed by atoms with E-state index in [9.17, 15) is 14.7 Å². The third kappa shape index (κ3) is 5.88. The molecule has 194 valence electrons. The topological polar surface area (TPSA) is 76.1 Å². The first-order valence-corrected chi connectivity index (χ1v) is 12.7. The minimum absolute atomic E-state index is 0.00872. The largest absolute Gasteiger partial charge is 0.507 e. The highest BCUT2D eigenvalue weighted by molar-refractivity contribution is 6.46. The van der Waals surface area contributed by atoms with Crippen LogP contribution in [-0.4, -0.2) is 48.1 Å². The molecule has 0 saturated carbocycles. The van der Waals surface area contributed by atoms with Gasteiger partial charge in [-0.1, -0.05) is 68.2 Å². The van der Waals surface area contributed by atoms with E-state index in [2.05, 4.69) is 20.8 Å². The van der Waals surface area contributed by atoms with E-state index in [1.165, 1.54) is 24.1 Å². The smallest absolute Gasteiger partial charge is 0.295 e. The van der Waals surface area contributed by atoms with Crippen molar-refractivity contribution in [2.75, 3.05) is 20.3 Å². The Kier molecular flexibility index (Phi) is 8.75. The fraction of sp³-hybridized carbons (Fsp3) is 0.429. The monoisotopic (exact) mass is 533 g/mol. The Balaban J connectivity index is 2.11. The summed E-state index contributed by atoms with van der Waals surface area (Å²) in [7, 11) is 1.43. The van der Waals surface area contributed by atoms with Crippen molar-refractivity contribution in [1.82, 2.24) is 4.90 Å². The number of hydrogen-bond acceptors (Lipinski definition) is 5. The number of halogens is 2. The van der Waals surface area contributed by atoms with Crippen LogP contribution in [0.3, 0.4) is 0 Å². The molecule has 0 aliphatic carbocycles. The third-order valence-electron chi connectivity index (χ3n) is 6.10. The molecule has 0 spiro atoms. The lowest BCUT2D eigenvalue weighted by molar-refractivity contribution is -0.140. The van der Waals surface area contributed by atoms with Crippen LogP contribution in [0.4, 0.5) is 0 Å². The van der Waals surface area contributed by atoms with Gasteiger partial charge in [0.2, 0.25) is 0 Å². The Hall–Kier alpha value is -2.54. The number of aliphatic hydroxyl groups is 1. The van der Waals surface area contributed by atoms with Crippen LogP contribution < -0.4 is 4.74 Å². The van der Waals surface area contributed by atoms with Gasteiger partial charge < -0.3 is 19.5 Å². The molecule has 8 heteroatoms. The average Bonchev–Trinajstić information content (AvgIpc) is 3.05. The molecule has 0 radical (unpaired) electrons. The maximum Gasteiger partial charge on any atom is 0.295 e. The fourth-order valence-corrected chi connectivity index (χ4v) is 4.87. The molecule has 1 fully saturated rings. The molecule has 1 unspecified atom stereocenters. The number of carbonyl (C=O) groups is 2. The summed E-state index contributed by atoms with van der Waals surface area (Å²) in [5.74, 6) is -1.51. The molecule has 0 aromatic heterocycles. The maximum absolute atomic E-state index is 13.2. The highest BCUT2D eigenvalue weighted by atomic mass is 35.5. The van der Waals surface area contributed by atoms with E-state index in [1.54, 1.807) is 0 Å². The molecule has 3 rings (SSSR count).